The van der Waals surface area contributed by atoms with Crippen LogP contribution in [0, 0.1) is 53.3 Å². The molecule has 0 aromatic carbocycles. The van der Waals surface area contributed by atoms with Crippen molar-refractivity contribution >= 4 is 11.7 Å². The summed E-state index contributed by atoms with van der Waals surface area (Å²) in [5, 5.41) is 36.2. The van der Waals surface area contributed by atoms with Gasteiger partial charge in [0.05, 0.1) is 24.4 Å². The van der Waals surface area contributed by atoms with E-state index in [0.29, 0.717) is 31.1 Å². The molecule has 0 aliphatic carbocycles. The number of ether oxygens (including phenoxy) is 1. The van der Waals surface area contributed by atoms with Gasteiger partial charge in [-0.3, -0.25) is 4.79 Å². The molecule has 0 aromatic rings. The summed E-state index contributed by atoms with van der Waals surface area (Å²) in [5.41, 5.74) is 1.60. The van der Waals surface area contributed by atoms with Crippen LogP contribution in [0.2, 0.25) is 0 Å². The van der Waals surface area contributed by atoms with Gasteiger partial charge in [0.2, 0.25) is 5.91 Å². The zero-order valence-corrected chi connectivity index (χ0v) is 35.3. The number of carbonyl (C=O) groups excluding carboxylic acids is 2. The average molecular weight is 740 g/mol. The van der Waals surface area contributed by atoms with Crippen LogP contribution in [0.15, 0.2) is 59.8 Å². The standard InChI is InChI=1S/C46H77NO6/c1-13-38-27-35(10)46(47-45(38)52)34(9)26-33(8)43(53-46)28-42(50)32(7)21-17-14-16-20-31(6)39(29(2)3)22-18-15-19-23-41(49)37(12)44(51)40(30(4)5)25-24-36(11)48/h14-16,18-20,23,26,29-30,32-33,35,37-44,49-51H,13,17,21-22,24-25,27-28H2,1-12H3,(H,47,52)/b16-14+,18-15+,23-19+,31-20+/t32-,33+,35-,37-,38-,39+,40-,41-,42-,43-,44+,46-/m0/s1. The average Bonchev–Trinajstić information content (AvgIpc) is 3.08. The van der Waals surface area contributed by atoms with Gasteiger partial charge in [-0.05, 0) is 94.5 Å². The van der Waals surface area contributed by atoms with Gasteiger partial charge in [0.25, 0.3) is 0 Å². The van der Waals surface area contributed by atoms with Gasteiger partial charge in [-0.2, -0.15) is 0 Å². The summed E-state index contributed by atoms with van der Waals surface area (Å²) in [5.74, 6) is 1.35. The zero-order chi connectivity index (χ0) is 40.0. The number of rotatable bonds is 21. The van der Waals surface area contributed by atoms with Crippen LogP contribution < -0.4 is 5.32 Å². The number of hydrogen-bond donors (Lipinski definition) is 4. The summed E-state index contributed by atoms with van der Waals surface area (Å²) < 4.78 is 6.73. The van der Waals surface area contributed by atoms with Crippen molar-refractivity contribution in [1.29, 1.82) is 0 Å². The summed E-state index contributed by atoms with van der Waals surface area (Å²) in [4.78, 5) is 24.4. The number of aliphatic hydroxyl groups excluding tert-OH is 3. The van der Waals surface area contributed by atoms with Gasteiger partial charge in [-0.25, -0.2) is 0 Å². The number of nitrogens with one attached hydrogen (secondary N) is 1. The summed E-state index contributed by atoms with van der Waals surface area (Å²) >= 11 is 0. The number of piperidine rings is 1. The lowest BCUT2D eigenvalue weighted by molar-refractivity contribution is -0.179. The Labute approximate surface area is 323 Å². The van der Waals surface area contributed by atoms with Crippen LogP contribution in [0.3, 0.4) is 0 Å². The summed E-state index contributed by atoms with van der Waals surface area (Å²) in [6.45, 7) is 24.7. The number of aliphatic hydroxyl groups is 3. The van der Waals surface area contributed by atoms with Crippen molar-refractivity contribution in [1.82, 2.24) is 5.32 Å². The second kappa shape index (κ2) is 22.3. The molecule has 7 heteroatoms. The fourth-order valence-electron chi connectivity index (χ4n) is 8.38. The van der Waals surface area contributed by atoms with Crippen molar-refractivity contribution in [3.05, 3.63) is 59.8 Å². The van der Waals surface area contributed by atoms with Crippen molar-refractivity contribution < 1.29 is 29.6 Å². The van der Waals surface area contributed by atoms with Gasteiger partial charge in [0.1, 0.15) is 5.78 Å². The van der Waals surface area contributed by atoms with Crippen LogP contribution >= 0.6 is 0 Å². The Bertz CT molecular complexity index is 1290. The maximum atomic E-state index is 12.9. The highest BCUT2D eigenvalue weighted by atomic mass is 16.5. The monoisotopic (exact) mass is 740 g/mol. The Morgan fingerprint density at radius 1 is 1.00 bits per heavy atom. The number of ketones is 1. The van der Waals surface area contributed by atoms with E-state index in [0.717, 1.165) is 37.7 Å². The van der Waals surface area contributed by atoms with Gasteiger partial charge in [0.15, 0.2) is 5.72 Å². The molecule has 4 N–H and O–H groups in total. The molecule has 0 aromatic heterocycles. The molecule has 2 aliphatic rings. The minimum atomic E-state index is -0.780. The summed E-state index contributed by atoms with van der Waals surface area (Å²) in [6, 6.07) is 0. The predicted octanol–water partition coefficient (Wildman–Crippen LogP) is 9.29. The molecule has 1 spiro atoms. The number of allylic oxidation sites excluding steroid dienone is 7. The Morgan fingerprint density at radius 3 is 2.28 bits per heavy atom. The molecule has 0 radical (unpaired) electrons. The topological polar surface area (TPSA) is 116 Å². The first-order chi connectivity index (χ1) is 24.9. The highest BCUT2D eigenvalue weighted by Crippen LogP contribution is 2.43. The predicted molar refractivity (Wildman–Crippen MR) is 219 cm³/mol. The zero-order valence-electron chi connectivity index (χ0n) is 35.3. The number of amides is 1. The molecule has 0 unspecified atom stereocenters. The van der Waals surface area contributed by atoms with Crippen LogP contribution in [0.25, 0.3) is 0 Å². The van der Waals surface area contributed by atoms with E-state index < -0.39 is 24.0 Å². The number of carbonyl (C=O) groups is 2. The van der Waals surface area contributed by atoms with Crippen LogP contribution in [0.1, 0.15) is 134 Å². The number of hydrogen-bond acceptors (Lipinski definition) is 6. The quantitative estimate of drug-likeness (QED) is 0.0689. The van der Waals surface area contributed by atoms with E-state index in [1.807, 2.05) is 19.1 Å². The second-order valence-electron chi connectivity index (χ2n) is 17.4. The smallest absolute Gasteiger partial charge is 0.225 e. The SMILES string of the molecule is CC[C@H]1C[C@H](C)[C@@]2(NC1=O)O[C@@H](C[C@H](O)[C@@H](C)CC/C=C/C=C(\C)[C@H](C/C=C/C=C/[C@H](O)[C@H](C)[C@@H](O)[C@@H](CCC(C)=O)C(C)C)C(C)C)[C@H](C)C=C2C. The third-order valence-corrected chi connectivity index (χ3v) is 12.5. The lowest BCUT2D eigenvalue weighted by atomic mass is 9.75. The second-order valence-corrected chi connectivity index (χ2v) is 17.4. The van der Waals surface area contributed by atoms with Gasteiger partial charge < -0.3 is 30.2 Å². The lowest BCUT2D eigenvalue weighted by Crippen LogP contribution is -2.64. The van der Waals surface area contributed by atoms with Crippen LogP contribution in [0.5, 0.6) is 0 Å². The van der Waals surface area contributed by atoms with Crippen molar-refractivity contribution in [2.75, 3.05) is 0 Å². The summed E-state index contributed by atoms with van der Waals surface area (Å²) in [7, 11) is 0. The molecule has 1 saturated heterocycles. The van der Waals surface area contributed by atoms with E-state index in [2.05, 4.69) is 105 Å². The van der Waals surface area contributed by atoms with Gasteiger partial charge in [-0.15, -0.1) is 0 Å². The van der Waals surface area contributed by atoms with E-state index in [1.54, 1.807) is 13.0 Å². The first-order valence-electron chi connectivity index (χ1n) is 20.7. The molecule has 7 nitrogen and oxygen atoms in total. The van der Waals surface area contributed by atoms with Crippen molar-refractivity contribution in [2.45, 2.75) is 165 Å². The maximum Gasteiger partial charge on any atom is 0.225 e. The van der Waals surface area contributed by atoms with Crippen LogP contribution in [0.4, 0.5) is 0 Å². The molecule has 1 amide bonds. The third kappa shape index (κ3) is 13.7. The Balaban J connectivity index is 1.88. The first kappa shape index (κ1) is 46.8. The molecule has 2 aliphatic heterocycles. The van der Waals surface area contributed by atoms with Gasteiger partial charge in [0, 0.05) is 36.5 Å². The molecule has 0 saturated carbocycles. The number of Topliss-reactive ketones (excluding diaryl/α,β-unsaturated/α-hetero) is 1. The molecule has 2 heterocycles. The third-order valence-electron chi connectivity index (χ3n) is 12.5. The van der Waals surface area contributed by atoms with Crippen molar-refractivity contribution in [3.63, 3.8) is 0 Å². The van der Waals surface area contributed by atoms with E-state index >= 15 is 0 Å². The van der Waals surface area contributed by atoms with Gasteiger partial charge >= 0.3 is 0 Å². The fourth-order valence-corrected chi connectivity index (χ4v) is 8.38. The van der Waals surface area contributed by atoms with Crippen molar-refractivity contribution in [2.24, 2.45) is 53.3 Å². The van der Waals surface area contributed by atoms with E-state index in [9.17, 15) is 24.9 Å². The molecular formula is C46H77NO6. The largest absolute Gasteiger partial charge is 0.393 e. The van der Waals surface area contributed by atoms with Crippen molar-refractivity contribution in [3.8, 4) is 0 Å². The Kier molecular flexibility index (Phi) is 19.7. The van der Waals surface area contributed by atoms with Crippen LogP contribution in [-0.2, 0) is 14.3 Å². The van der Waals surface area contributed by atoms with E-state index in [-0.39, 0.29) is 59.2 Å². The molecule has 1 fully saturated rings. The molecule has 2 rings (SSSR count). The fraction of sp³-hybridized carbons (Fsp3) is 0.739. The molecule has 0 bridgehead atoms. The Morgan fingerprint density at radius 2 is 1.68 bits per heavy atom. The maximum absolute atomic E-state index is 12.9. The molecule has 12 atom stereocenters. The first-order valence-corrected chi connectivity index (χ1v) is 20.7. The molecular weight excluding hydrogens is 663 g/mol. The minimum Gasteiger partial charge on any atom is -0.393 e. The lowest BCUT2D eigenvalue weighted by Gasteiger charge is -2.51. The van der Waals surface area contributed by atoms with E-state index in [1.165, 1.54) is 5.57 Å². The van der Waals surface area contributed by atoms with Gasteiger partial charge in [-0.1, -0.05) is 116 Å². The normalized spacial score (nSPS) is 28.4. The van der Waals surface area contributed by atoms with E-state index in [4.69, 9.17) is 4.74 Å². The Hall–Kier alpha value is -2.32. The molecule has 53 heavy (non-hydrogen) atoms. The minimum absolute atomic E-state index is 0.0232. The molecule has 302 valence electrons. The highest BCUT2D eigenvalue weighted by Gasteiger charge is 2.50. The van der Waals surface area contributed by atoms with Crippen LogP contribution in [-0.4, -0.2) is 57.2 Å². The summed E-state index contributed by atoms with van der Waals surface area (Å²) in [6.07, 6.45) is 20.3. The highest BCUT2D eigenvalue weighted by molar-refractivity contribution is 5.81.